The van der Waals surface area contributed by atoms with E-state index in [1.807, 2.05) is 38.1 Å². The molecule has 0 aliphatic heterocycles. The van der Waals surface area contributed by atoms with Crippen LogP contribution >= 0.6 is 0 Å². The van der Waals surface area contributed by atoms with Crippen molar-refractivity contribution in [3.8, 4) is 0 Å². The molecular formula is C34H48O5. The van der Waals surface area contributed by atoms with Crippen molar-refractivity contribution in [3.05, 3.63) is 53.1 Å². The fourth-order valence-corrected chi connectivity index (χ4v) is 5.90. The van der Waals surface area contributed by atoms with Crippen molar-refractivity contribution >= 4 is 22.9 Å². The Morgan fingerprint density at radius 3 is 2.13 bits per heavy atom. The third-order valence-electron chi connectivity index (χ3n) is 8.62. The smallest absolute Gasteiger partial charge is 0.189 e. The SMILES string of the molecule is CC(C)(CO)CCCCC1=CC(=O)C=C(c2ccccc2C2CCCC(CCCCC(C)(C)CO)C2=O)C1=O. The van der Waals surface area contributed by atoms with Crippen LogP contribution in [-0.4, -0.2) is 40.8 Å². The van der Waals surface area contributed by atoms with Crippen LogP contribution in [0.3, 0.4) is 0 Å². The molecule has 1 saturated carbocycles. The second-order valence-corrected chi connectivity index (χ2v) is 13.2. The number of hydrogen-bond acceptors (Lipinski definition) is 5. The Morgan fingerprint density at radius 1 is 0.821 bits per heavy atom. The van der Waals surface area contributed by atoms with Gasteiger partial charge in [0.25, 0.3) is 0 Å². The third kappa shape index (κ3) is 8.56. The fourth-order valence-electron chi connectivity index (χ4n) is 5.90. The predicted octanol–water partition coefficient (Wildman–Crippen LogP) is 6.76. The Hall–Kier alpha value is -2.37. The first kappa shape index (κ1) is 31.2. The summed E-state index contributed by atoms with van der Waals surface area (Å²) in [7, 11) is 0. The summed E-state index contributed by atoms with van der Waals surface area (Å²) in [5, 5.41) is 19.0. The van der Waals surface area contributed by atoms with E-state index in [1.165, 1.54) is 12.2 Å². The van der Waals surface area contributed by atoms with Crippen LogP contribution in [0.2, 0.25) is 0 Å². The number of hydrogen-bond donors (Lipinski definition) is 2. The molecule has 2 aliphatic rings. The Kier molecular flexibility index (Phi) is 11.0. The maximum atomic E-state index is 13.7. The molecule has 0 amide bonds. The number of rotatable bonds is 14. The van der Waals surface area contributed by atoms with Crippen LogP contribution < -0.4 is 0 Å². The van der Waals surface area contributed by atoms with Crippen LogP contribution in [0.5, 0.6) is 0 Å². The number of carbonyl (C=O) groups is 3. The van der Waals surface area contributed by atoms with E-state index in [1.54, 1.807) is 0 Å². The van der Waals surface area contributed by atoms with E-state index in [4.69, 9.17) is 0 Å². The van der Waals surface area contributed by atoms with Crippen molar-refractivity contribution in [3.63, 3.8) is 0 Å². The maximum absolute atomic E-state index is 13.7. The Bertz CT molecular complexity index is 1090. The lowest BCUT2D eigenvalue weighted by Crippen LogP contribution is -2.28. The summed E-state index contributed by atoms with van der Waals surface area (Å²) in [6.07, 6.45) is 12.3. The summed E-state index contributed by atoms with van der Waals surface area (Å²) in [5.41, 5.74) is 2.29. The quantitative estimate of drug-likeness (QED) is 0.202. The highest BCUT2D eigenvalue weighted by molar-refractivity contribution is 6.36. The van der Waals surface area contributed by atoms with Crippen molar-refractivity contribution in [2.24, 2.45) is 16.7 Å². The van der Waals surface area contributed by atoms with Gasteiger partial charge >= 0.3 is 0 Å². The number of aliphatic hydroxyl groups excluding tert-OH is 2. The van der Waals surface area contributed by atoms with Crippen LogP contribution in [0, 0.1) is 16.7 Å². The van der Waals surface area contributed by atoms with Crippen LogP contribution in [0.4, 0.5) is 0 Å². The van der Waals surface area contributed by atoms with Gasteiger partial charge in [-0.3, -0.25) is 14.4 Å². The lowest BCUT2D eigenvalue weighted by atomic mass is 9.72. The molecule has 5 nitrogen and oxygen atoms in total. The summed E-state index contributed by atoms with van der Waals surface area (Å²) in [6, 6.07) is 7.63. The van der Waals surface area contributed by atoms with Gasteiger partial charge in [0.05, 0.1) is 0 Å². The molecule has 0 bridgehead atoms. The largest absolute Gasteiger partial charge is 0.396 e. The van der Waals surface area contributed by atoms with Gasteiger partial charge in [-0.15, -0.1) is 0 Å². The van der Waals surface area contributed by atoms with E-state index in [9.17, 15) is 24.6 Å². The van der Waals surface area contributed by atoms with Gasteiger partial charge in [0.15, 0.2) is 11.6 Å². The van der Waals surface area contributed by atoms with E-state index >= 15 is 0 Å². The van der Waals surface area contributed by atoms with Crippen molar-refractivity contribution in [1.29, 1.82) is 0 Å². The van der Waals surface area contributed by atoms with Gasteiger partial charge in [-0.05, 0) is 79.1 Å². The molecule has 1 fully saturated rings. The summed E-state index contributed by atoms with van der Waals surface area (Å²) in [4.78, 5) is 39.9. The summed E-state index contributed by atoms with van der Waals surface area (Å²) in [5.74, 6) is -0.274. The van der Waals surface area contributed by atoms with Gasteiger partial charge in [-0.25, -0.2) is 0 Å². The van der Waals surface area contributed by atoms with Crippen LogP contribution in [-0.2, 0) is 14.4 Å². The lowest BCUT2D eigenvalue weighted by Gasteiger charge is -2.30. The molecule has 3 rings (SSSR count). The number of aliphatic hydroxyl groups is 2. The zero-order chi connectivity index (χ0) is 28.6. The molecule has 0 saturated heterocycles. The zero-order valence-electron chi connectivity index (χ0n) is 24.4. The molecule has 0 radical (unpaired) electrons. The molecule has 214 valence electrons. The van der Waals surface area contributed by atoms with Gasteiger partial charge in [-0.1, -0.05) is 77.6 Å². The Labute approximate surface area is 234 Å². The monoisotopic (exact) mass is 536 g/mol. The first-order valence-electron chi connectivity index (χ1n) is 14.8. The molecule has 2 N–H and O–H groups in total. The van der Waals surface area contributed by atoms with Gasteiger partial charge in [-0.2, -0.15) is 0 Å². The molecule has 1 aromatic rings. The summed E-state index contributed by atoms with van der Waals surface area (Å²) < 4.78 is 0. The average molecular weight is 537 g/mol. The highest BCUT2D eigenvalue weighted by atomic mass is 16.3. The first-order chi connectivity index (χ1) is 18.5. The van der Waals surface area contributed by atoms with E-state index in [-0.39, 0.29) is 53.2 Å². The minimum Gasteiger partial charge on any atom is -0.396 e. The fraction of sp³-hybridized carbons (Fsp3) is 0.618. The normalized spacial score (nSPS) is 20.7. The summed E-state index contributed by atoms with van der Waals surface area (Å²) >= 11 is 0. The zero-order valence-corrected chi connectivity index (χ0v) is 24.4. The number of benzene rings is 1. The second kappa shape index (κ2) is 13.8. The number of carbonyl (C=O) groups excluding carboxylic acids is 3. The molecule has 2 atom stereocenters. The lowest BCUT2D eigenvalue weighted by molar-refractivity contribution is -0.126. The van der Waals surface area contributed by atoms with Gasteiger partial charge in [0.1, 0.15) is 5.78 Å². The number of unbranched alkanes of at least 4 members (excludes halogenated alkanes) is 2. The molecule has 2 unspecified atom stereocenters. The van der Waals surface area contributed by atoms with E-state index < -0.39 is 0 Å². The number of Topliss-reactive ketones (excluding diaryl/α,β-unsaturated/α-hetero) is 2. The molecular weight excluding hydrogens is 488 g/mol. The third-order valence-corrected chi connectivity index (χ3v) is 8.62. The van der Waals surface area contributed by atoms with Gasteiger partial charge in [0.2, 0.25) is 0 Å². The topological polar surface area (TPSA) is 91.7 Å². The van der Waals surface area contributed by atoms with Crippen molar-refractivity contribution in [1.82, 2.24) is 0 Å². The van der Waals surface area contributed by atoms with Crippen molar-refractivity contribution < 1.29 is 24.6 Å². The van der Waals surface area contributed by atoms with Gasteiger partial charge < -0.3 is 10.2 Å². The highest BCUT2D eigenvalue weighted by Crippen LogP contribution is 2.40. The minimum atomic E-state index is -0.257. The second-order valence-electron chi connectivity index (χ2n) is 13.2. The average Bonchev–Trinajstić information content (AvgIpc) is 2.91. The van der Waals surface area contributed by atoms with Gasteiger partial charge in [0, 0.05) is 36.2 Å². The molecule has 0 heterocycles. The molecule has 5 heteroatoms. The molecule has 39 heavy (non-hydrogen) atoms. The van der Waals surface area contributed by atoms with E-state index in [0.29, 0.717) is 23.1 Å². The molecule has 2 aliphatic carbocycles. The van der Waals surface area contributed by atoms with Crippen LogP contribution in [0.15, 0.2) is 42.0 Å². The maximum Gasteiger partial charge on any atom is 0.189 e. The Balaban J connectivity index is 1.70. The highest BCUT2D eigenvalue weighted by Gasteiger charge is 2.35. The van der Waals surface area contributed by atoms with Crippen LogP contribution in [0.1, 0.15) is 115 Å². The molecule has 1 aromatic carbocycles. The standard InChI is InChI=1S/C34H48O5/c1-33(2,22-35)18-9-7-12-24-14-11-17-29(31(24)38)27-15-5-6-16-28(27)30-21-26(37)20-25(32(30)39)13-8-10-19-34(3,4)23-36/h5-6,15-16,20-21,24,29,35-36H,7-14,17-19,22-23H2,1-4H3. The Morgan fingerprint density at radius 2 is 1.46 bits per heavy atom. The predicted molar refractivity (Wildman–Crippen MR) is 156 cm³/mol. The minimum absolute atomic E-state index is 0.0188. The van der Waals surface area contributed by atoms with Crippen molar-refractivity contribution in [2.45, 2.75) is 104 Å². The van der Waals surface area contributed by atoms with Crippen molar-refractivity contribution in [2.75, 3.05) is 13.2 Å². The van der Waals surface area contributed by atoms with Crippen LogP contribution in [0.25, 0.3) is 5.57 Å². The number of allylic oxidation sites excluding steroid dienone is 4. The van der Waals surface area contributed by atoms with E-state index in [0.717, 1.165) is 69.8 Å². The molecule has 0 spiro atoms. The molecule has 0 aromatic heterocycles. The number of ketones is 3. The summed E-state index contributed by atoms with van der Waals surface area (Å²) in [6.45, 7) is 8.47. The van der Waals surface area contributed by atoms with E-state index in [2.05, 4.69) is 13.8 Å². The first-order valence-corrected chi connectivity index (χ1v) is 14.8.